The fraction of sp³-hybridized carbons (Fsp3) is 0.133. The molecule has 0 saturated heterocycles. The van der Waals surface area contributed by atoms with Gasteiger partial charge in [0.1, 0.15) is 11.8 Å². The Balaban J connectivity index is 2.18. The molecule has 3 heteroatoms. The highest BCUT2D eigenvalue weighted by Crippen LogP contribution is 2.26. The third-order valence-corrected chi connectivity index (χ3v) is 3.09. The second kappa shape index (κ2) is 4.63. The van der Waals surface area contributed by atoms with Crippen molar-refractivity contribution in [1.29, 1.82) is 0 Å². The van der Waals surface area contributed by atoms with E-state index < -0.39 is 0 Å². The van der Waals surface area contributed by atoms with E-state index in [1.165, 1.54) is 5.39 Å². The molecule has 2 aromatic heterocycles. The fourth-order valence-corrected chi connectivity index (χ4v) is 2.24. The third-order valence-electron chi connectivity index (χ3n) is 3.09. The van der Waals surface area contributed by atoms with E-state index in [-0.39, 0.29) is 6.04 Å². The Bertz CT molecular complexity index is 641. The SMILES string of the molecule is CNC(c1ccco1)c1nccc2ccccc12. The Hall–Kier alpha value is -2.13. The number of fused-ring (bicyclic) bond motifs is 1. The minimum absolute atomic E-state index is 0.0221. The van der Waals surface area contributed by atoms with Crippen LogP contribution in [0.1, 0.15) is 17.5 Å². The van der Waals surface area contributed by atoms with Crippen molar-refractivity contribution < 1.29 is 4.42 Å². The first-order valence-electron chi connectivity index (χ1n) is 5.94. The predicted molar refractivity (Wildman–Crippen MR) is 71.4 cm³/mol. The molecule has 0 aliphatic heterocycles. The van der Waals surface area contributed by atoms with Crippen LogP contribution in [-0.2, 0) is 0 Å². The second-order valence-corrected chi connectivity index (χ2v) is 4.15. The molecule has 3 nitrogen and oxygen atoms in total. The van der Waals surface area contributed by atoms with Crippen molar-refractivity contribution in [3.8, 4) is 0 Å². The molecule has 3 aromatic rings. The molecule has 1 unspecified atom stereocenters. The molecule has 1 N–H and O–H groups in total. The van der Waals surface area contributed by atoms with E-state index in [4.69, 9.17) is 4.42 Å². The Morgan fingerprint density at radius 1 is 1.11 bits per heavy atom. The number of hydrogen-bond donors (Lipinski definition) is 1. The molecule has 0 saturated carbocycles. The van der Waals surface area contributed by atoms with Crippen molar-refractivity contribution in [1.82, 2.24) is 10.3 Å². The lowest BCUT2D eigenvalue weighted by Gasteiger charge is -2.15. The average Bonchev–Trinajstić information content (AvgIpc) is 2.94. The van der Waals surface area contributed by atoms with Crippen LogP contribution >= 0.6 is 0 Å². The summed E-state index contributed by atoms with van der Waals surface area (Å²) in [6.07, 6.45) is 3.52. The highest BCUT2D eigenvalue weighted by molar-refractivity contribution is 5.84. The Labute approximate surface area is 105 Å². The quantitative estimate of drug-likeness (QED) is 0.761. The molecule has 3 rings (SSSR count). The molecule has 0 amide bonds. The Morgan fingerprint density at radius 2 is 2.00 bits per heavy atom. The number of aromatic nitrogens is 1. The summed E-state index contributed by atoms with van der Waals surface area (Å²) >= 11 is 0. The molecule has 1 atom stereocenters. The normalized spacial score (nSPS) is 12.7. The number of nitrogens with one attached hydrogen (secondary N) is 1. The van der Waals surface area contributed by atoms with Gasteiger partial charge in [0, 0.05) is 11.6 Å². The van der Waals surface area contributed by atoms with Crippen LogP contribution in [0.2, 0.25) is 0 Å². The molecule has 0 aliphatic rings. The van der Waals surface area contributed by atoms with Gasteiger partial charge in [0.05, 0.1) is 12.0 Å². The van der Waals surface area contributed by atoms with Gasteiger partial charge < -0.3 is 9.73 Å². The van der Waals surface area contributed by atoms with Gasteiger partial charge in [-0.05, 0) is 30.6 Å². The van der Waals surface area contributed by atoms with Crippen LogP contribution in [0.25, 0.3) is 10.8 Å². The zero-order valence-corrected chi connectivity index (χ0v) is 10.1. The summed E-state index contributed by atoms with van der Waals surface area (Å²) in [5, 5.41) is 5.59. The van der Waals surface area contributed by atoms with Crippen molar-refractivity contribution in [2.45, 2.75) is 6.04 Å². The number of benzene rings is 1. The van der Waals surface area contributed by atoms with Gasteiger partial charge in [-0.25, -0.2) is 0 Å². The maximum atomic E-state index is 5.49. The number of furan rings is 1. The molecular formula is C15H14N2O. The van der Waals surface area contributed by atoms with E-state index in [0.717, 1.165) is 16.8 Å². The molecule has 90 valence electrons. The van der Waals surface area contributed by atoms with Crippen LogP contribution in [0.4, 0.5) is 0 Å². The predicted octanol–water partition coefficient (Wildman–Crippen LogP) is 3.14. The number of nitrogens with zero attached hydrogens (tertiary/aromatic N) is 1. The highest BCUT2D eigenvalue weighted by atomic mass is 16.3. The van der Waals surface area contributed by atoms with E-state index in [1.807, 2.05) is 43.6 Å². The van der Waals surface area contributed by atoms with Gasteiger partial charge in [0.15, 0.2) is 0 Å². The molecular weight excluding hydrogens is 224 g/mol. The van der Waals surface area contributed by atoms with Crippen LogP contribution in [-0.4, -0.2) is 12.0 Å². The van der Waals surface area contributed by atoms with Crippen molar-refractivity contribution >= 4 is 10.8 Å². The van der Waals surface area contributed by atoms with E-state index in [9.17, 15) is 0 Å². The van der Waals surface area contributed by atoms with Gasteiger partial charge in [-0.1, -0.05) is 24.3 Å². The van der Waals surface area contributed by atoms with Gasteiger partial charge >= 0.3 is 0 Å². The van der Waals surface area contributed by atoms with E-state index in [0.29, 0.717) is 0 Å². The number of rotatable bonds is 3. The first-order chi connectivity index (χ1) is 8.90. The lowest BCUT2D eigenvalue weighted by molar-refractivity contribution is 0.460. The Morgan fingerprint density at radius 3 is 2.78 bits per heavy atom. The van der Waals surface area contributed by atoms with Crippen LogP contribution in [0.3, 0.4) is 0 Å². The average molecular weight is 238 g/mol. The first kappa shape index (κ1) is 11.0. The summed E-state index contributed by atoms with van der Waals surface area (Å²) in [5.74, 6) is 0.876. The summed E-state index contributed by atoms with van der Waals surface area (Å²) in [7, 11) is 1.91. The van der Waals surface area contributed by atoms with Crippen LogP contribution in [0.15, 0.2) is 59.3 Å². The zero-order chi connectivity index (χ0) is 12.4. The zero-order valence-electron chi connectivity index (χ0n) is 10.1. The molecule has 18 heavy (non-hydrogen) atoms. The van der Waals surface area contributed by atoms with Gasteiger partial charge in [0.2, 0.25) is 0 Å². The summed E-state index contributed by atoms with van der Waals surface area (Å²) in [6.45, 7) is 0. The second-order valence-electron chi connectivity index (χ2n) is 4.15. The van der Waals surface area contributed by atoms with Gasteiger partial charge in [0.25, 0.3) is 0 Å². The number of hydrogen-bond acceptors (Lipinski definition) is 3. The number of pyridine rings is 1. The third kappa shape index (κ3) is 1.79. The minimum atomic E-state index is -0.0221. The molecule has 2 heterocycles. The molecule has 0 bridgehead atoms. The van der Waals surface area contributed by atoms with Crippen molar-refractivity contribution in [2.75, 3.05) is 7.05 Å². The van der Waals surface area contributed by atoms with Gasteiger partial charge in [-0.3, -0.25) is 4.98 Å². The van der Waals surface area contributed by atoms with Gasteiger partial charge in [-0.2, -0.15) is 0 Å². The van der Waals surface area contributed by atoms with Crippen molar-refractivity contribution in [3.05, 3.63) is 66.4 Å². The molecule has 0 radical (unpaired) electrons. The molecule has 0 aliphatic carbocycles. The van der Waals surface area contributed by atoms with E-state index >= 15 is 0 Å². The lowest BCUT2D eigenvalue weighted by atomic mass is 10.0. The molecule has 1 aromatic carbocycles. The largest absolute Gasteiger partial charge is 0.467 e. The van der Waals surface area contributed by atoms with Crippen molar-refractivity contribution in [3.63, 3.8) is 0 Å². The van der Waals surface area contributed by atoms with Crippen molar-refractivity contribution in [2.24, 2.45) is 0 Å². The fourth-order valence-electron chi connectivity index (χ4n) is 2.24. The summed E-state index contributed by atoms with van der Waals surface area (Å²) in [6, 6.07) is 14.1. The van der Waals surface area contributed by atoms with Crippen LogP contribution in [0.5, 0.6) is 0 Å². The van der Waals surface area contributed by atoms with Crippen LogP contribution in [0, 0.1) is 0 Å². The summed E-state index contributed by atoms with van der Waals surface area (Å²) in [4.78, 5) is 4.51. The molecule has 0 fully saturated rings. The summed E-state index contributed by atoms with van der Waals surface area (Å²) in [5.41, 5.74) is 0.991. The maximum Gasteiger partial charge on any atom is 0.126 e. The minimum Gasteiger partial charge on any atom is -0.467 e. The molecule has 0 spiro atoms. The van der Waals surface area contributed by atoms with Crippen LogP contribution < -0.4 is 5.32 Å². The van der Waals surface area contributed by atoms with E-state index in [2.05, 4.69) is 22.4 Å². The topological polar surface area (TPSA) is 38.1 Å². The lowest BCUT2D eigenvalue weighted by Crippen LogP contribution is -2.18. The van der Waals surface area contributed by atoms with Gasteiger partial charge in [-0.15, -0.1) is 0 Å². The highest BCUT2D eigenvalue weighted by Gasteiger charge is 2.18. The standard InChI is InChI=1S/C15H14N2O/c1-16-15(13-7-4-10-18-13)14-12-6-3-2-5-11(12)8-9-17-14/h2-10,15-16H,1H3. The monoisotopic (exact) mass is 238 g/mol. The summed E-state index contributed by atoms with van der Waals surface area (Å²) < 4.78 is 5.49. The maximum absolute atomic E-state index is 5.49. The van der Waals surface area contributed by atoms with E-state index in [1.54, 1.807) is 6.26 Å². The first-order valence-corrected chi connectivity index (χ1v) is 5.94. The smallest absolute Gasteiger partial charge is 0.126 e. The Kier molecular flexibility index (Phi) is 2.82.